The number of H-pyrrole nitrogens is 1. The zero-order valence-corrected chi connectivity index (χ0v) is 17.4. The Morgan fingerprint density at radius 1 is 1.13 bits per heavy atom. The van der Waals surface area contributed by atoms with Crippen LogP contribution in [0.5, 0.6) is 11.5 Å². The average Bonchev–Trinajstić information content (AvgIpc) is 3.32. The first-order valence-corrected chi connectivity index (χ1v) is 10.2. The molecule has 0 bridgehead atoms. The number of hydrogen-bond donors (Lipinski definition) is 2. The summed E-state index contributed by atoms with van der Waals surface area (Å²) in [5.41, 5.74) is 5.08. The fourth-order valence-electron chi connectivity index (χ4n) is 4.67. The molecule has 0 unspecified atom stereocenters. The summed E-state index contributed by atoms with van der Waals surface area (Å²) in [6, 6.07) is 14.0. The van der Waals surface area contributed by atoms with Crippen LogP contribution in [0.25, 0.3) is 21.8 Å². The minimum atomic E-state index is -0.0915. The predicted molar refractivity (Wildman–Crippen MR) is 117 cm³/mol. The third-order valence-corrected chi connectivity index (χ3v) is 6.21. The van der Waals surface area contributed by atoms with Gasteiger partial charge in [-0.1, -0.05) is 18.2 Å². The summed E-state index contributed by atoms with van der Waals surface area (Å²) in [6.45, 7) is 0. The van der Waals surface area contributed by atoms with E-state index in [4.69, 9.17) is 9.47 Å². The van der Waals surface area contributed by atoms with Crippen molar-refractivity contribution in [1.82, 2.24) is 14.9 Å². The van der Waals surface area contributed by atoms with Crippen molar-refractivity contribution in [3.05, 3.63) is 59.4 Å². The predicted octanol–water partition coefficient (Wildman–Crippen LogP) is 4.48. The molecule has 0 aliphatic heterocycles. The van der Waals surface area contributed by atoms with Crippen molar-refractivity contribution in [2.75, 3.05) is 14.2 Å². The summed E-state index contributed by atoms with van der Waals surface area (Å²) in [4.78, 5) is 16.8. The number of hydrogen-bond acceptors (Lipinski definition) is 3. The third kappa shape index (κ3) is 2.83. The van der Waals surface area contributed by atoms with Crippen LogP contribution in [0, 0.1) is 0 Å². The first-order valence-electron chi connectivity index (χ1n) is 10.2. The molecule has 0 spiro atoms. The molecule has 154 valence electrons. The lowest BCUT2D eigenvalue weighted by Crippen LogP contribution is -2.32. The number of para-hydroxylation sites is 1. The number of benzene rings is 2. The zero-order valence-electron chi connectivity index (χ0n) is 17.4. The summed E-state index contributed by atoms with van der Waals surface area (Å²) in [5, 5.41) is 5.40. The van der Waals surface area contributed by atoms with Crippen LogP contribution in [0.4, 0.5) is 0 Å². The van der Waals surface area contributed by atoms with Crippen LogP contribution in [-0.2, 0) is 13.5 Å². The van der Waals surface area contributed by atoms with Crippen LogP contribution in [0.15, 0.2) is 42.5 Å². The van der Waals surface area contributed by atoms with Gasteiger partial charge in [0.25, 0.3) is 5.91 Å². The number of nitrogens with zero attached hydrogens (tertiary/aromatic N) is 1. The number of rotatable bonds is 4. The lowest BCUT2D eigenvalue weighted by atomic mass is 9.91. The van der Waals surface area contributed by atoms with Crippen LogP contribution >= 0.6 is 0 Å². The minimum Gasteiger partial charge on any atom is -0.497 e. The van der Waals surface area contributed by atoms with Gasteiger partial charge in [0.15, 0.2) is 0 Å². The maximum Gasteiger partial charge on any atom is 0.268 e. The van der Waals surface area contributed by atoms with Crippen LogP contribution in [-0.4, -0.2) is 29.7 Å². The highest BCUT2D eigenvalue weighted by molar-refractivity contribution is 6.01. The Bertz CT molecular complexity index is 1270. The summed E-state index contributed by atoms with van der Waals surface area (Å²) < 4.78 is 12.8. The average molecular weight is 403 g/mol. The van der Waals surface area contributed by atoms with Crippen molar-refractivity contribution in [3.8, 4) is 11.5 Å². The van der Waals surface area contributed by atoms with Crippen molar-refractivity contribution < 1.29 is 14.3 Å². The number of nitrogens with one attached hydrogen (secondary N) is 2. The van der Waals surface area contributed by atoms with Crippen molar-refractivity contribution in [1.29, 1.82) is 0 Å². The molecule has 1 aliphatic rings. The number of carbonyl (C=O) groups is 1. The Balaban J connectivity index is 1.51. The second kappa shape index (κ2) is 7.13. The molecule has 6 nitrogen and oxygen atoms in total. The van der Waals surface area contributed by atoms with Gasteiger partial charge in [0.1, 0.15) is 17.2 Å². The second-order valence-corrected chi connectivity index (χ2v) is 7.83. The second-order valence-electron chi connectivity index (χ2n) is 7.83. The standard InChI is InChI=1S/C24H25N3O3/c1-27-20-11-14(29-2)12-22(30-3)17(20)13-21(27)24(28)26-19-10-6-8-16-15-7-4-5-9-18(15)25-23(16)19/h4-5,7,9,11-13,19,25H,6,8,10H2,1-3H3,(H,26,28)/t19-/m0/s1. The molecule has 0 radical (unpaired) electrons. The van der Waals surface area contributed by atoms with E-state index in [9.17, 15) is 4.79 Å². The molecule has 2 N–H and O–H groups in total. The number of fused-ring (bicyclic) bond motifs is 4. The smallest absolute Gasteiger partial charge is 0.268 e. The molecule has 2 aromatic heterocycles. The van der Waals surface area contributed by atoms with Gasteiger partial charge in [0, 0.05) is 41.2 Å². The van der Waals surface area contributed by atoms with Crippen molar-refractivity contribution in [2.45, 2.75) is 25.3 Å². The lowest BCUT2D eigenvalue weighted by molar-refractivity contribution is 0.0924. The third-order valence-electron chi connectivity index (χ3n) is 6.21. The minimum absolute atomic E-state index is 0.0249. The van der Waals surface area contributed by atoms with Crippen LogP contribution < -0.4 is 14.8 Å². The van der Waals surface area contributed by atoms with Crippen molar-refractivity contribution in [2.24, 2.45) is 7.05 Å². The molecule has 1 atom stereocenters. The van der Waals surface area contributed by atoms with Crippen molar-refractivity contribution >= 4 is 27.7 Å². The first-order chi connectivity index (χ1) is 14.6. The molecule has 4 aromatic rings. The molecule has 1 aliphatic carbocycles. The highest BCUT2D eigenvalue weighted by Crippen LogP contribution is 2.36. The number of aromatic amines is 1. The number of aryl methyl sites for hydroxylation is 2. The molecule has 1 amide bonds. The molecule has 2 heterocycles. The normalized spacial score (nSPS) is 15.9. The van der Waals surface area contributed by atoms with Crippen LogP contribution in [0.3, 0.4) is 0 Å². The number of aromatic nitrogens is 2. The van der Waals surface area contributed by atoms with E-state index in [0.29, 0.717) is 17.2 Å². The summed E-state index contributed by atoms with van der Waals surface area (Å²) in [6.07, 6.45) is 3.02. The van der Waals surface area contributed by atoms with Gasteiger partial charge < -0.3 is 24.3 Å². The lowest BCUT2D eigenvalue weighted by Gasteiger charge is -2.24. The van der Waals surface area contributed by atoms with Gasteiger partial charge in [0.05, 0.1) is 25.8 Å². The largest absolute Gasteiger partial charge is 0.497 e. The van der Waals surface area contributed by atoms with E-state index in [0.717, 1.165) is 41.4 Å². The van der Waals surface area contributed by atoms with E-state index >= 15 is 0 Å². The van der Waals surface area contributed by atoms with E-state index in [1.54, 1.807) is 14.2 Å². The van der Waals surface area contributed by atoms with Gasteiger partial charge in [-0.15, -0.1) is 0 Å². The molecular formula is C24H25N3O3. The van der Waals surface area contributed by atoms with Gasteiger partial charge in [-0.2, -0.15) is 0 Å². The number of carbonyl (C=O) groups excluding carboxylic acids is 1. The molecule has 0 fully saturated rings. The SMILES string of the molecule is COc1cc(OC)c2cc(C(=O)N[C@H]3CCCc4c3[nH]c3ccccc43)n(C)c2c1. The number of amides is 1. The Hall–Kier alpha value is -3.41. The Morgan fingerprint density at radius 3 is 2.77 bits per heavy atom. The molecule has 2 aromatic carbocycles. The topological polar surface area (TPSA) is 68.3 Å². The summed E-state index contributed by atoms with van der Waals surface area (Å²) in [7, 11) is 5.14. The van der Waals surface area contributed by atoms with E-state index in [1.807, 2.05) is 35.9 Å². The van der Waals surface area contributed by atoms with E-state index in [1.165, 1.54) is 10.9 Å². The molecule has 6 heteroatoms. The zero-order chi connectivity index (χ0) is 20.8. The Kier molecular flexibility index (Phi) is 4.42. The highest BCUT2D eigenvalue weighted by atomic mass is 16.5. The number of ether oxygens (including phenoxy) is 2. The van der Waals surface area contributed by atoms with Crippen LogP contribution in [0.1, 0.15) is 40.6 Å². The first kappa shape index (κ1) is 18.6. The van der Waals surface area contributed by atoms with E-state index in [2.05, 4.69) is 28.5 Å². The quantitative estimate of drug-likeness (QED) is 0.528. The fourth-order valence-corrected chi connectivity index (χ4v) is 4.67. The summed E-state index contributed by atoms with van der Waals surface area (Å²) >= 11 is 0. The maximum absolute atomic E-state index is 13.3. The molecule has 30 heavy (non-hydrogen) atoms. The molecule has 5 rings (SSSR count). The monoisotopic (exact) mass is 403 g/mol. The fraction of sp³-hybridized carbons (Fsp3) is 0.292. The Morgan fingerprint density at radius 2 is 1.97 bits per heavy atom. The molecule has 0 saturated carbocycles. The number of methoxy groups -OCH3 is 2. The van der Waals surface area contributed by atoms with Crippen LogP contribution in [0.2, 0.25) is 0 Å². The van der Waals surface area contributed by atoms with Gasteiger partial charge in [-0.05, 0) is 37.0 Å². The van der Waals surface area contributed by atoms with E-state index in [-0.39, 0.29) is 11.9 Å². The highest BCUT2D eigenvalue weighted by Gasteiger charge is 2.27. The van der Waals surface area contributed by atoms with Gasteiger partial charge in [0.2, 0.25) is 0 Å². The Labute approximate surface area is 174 Å². The molecular weight excluding hydrogens is 378 g/mol. The molecule has 0 saturated heterocycles. The maximum atomic E-state index is 13.3. The van der Waals surface area contributed by atoms with Gasteiger partial charge >= 0.3 is 0 Å². The summed E-state index contributed by atoms with van der Waals surface area (Å²) in [5.74, 6) is 1.29. The van der Waals surface area contributed by atoms with E-state index < -0.39 is 0 Å². The van der Waals surface area contributed by atoms with Gasteiger partial charge in [-0.3, -0.25) is 4.79 Å². The van der Waals surface area contributed by atoms with Crippen molar-refractivity contribution in [3.63, 3.8) is 0 Å². The van der Waals surface area contributed by atoms with Gasteiger partial charge in [-0.25, -0.2) is 0 Å².